The molecule has 0 saturated carbocycles. The van der Waals surface area contributed by atoms with Gasteiger partial charge in [0, 0.05) is 13.1 Å². The fraction of sp³-hybridized carbons (Fsp3) is 0.900. The van der Waals surface area contributed by atoms with Gasteiger partial charge in [-0.1, -0.05) is 0 Å². The van der Waals surface area contributed by atoms with E-state index in [1.165, 1.54) is 18.7 Å². The molecule has 1 aliphatic rings. The zero-order valence-corrected chi connectivity index (χ0v) is 9.97. The number of nitrogens with two attached hydrogens (primary N) is 1. The summed E-state index contributed by atoms with van der Waals surface area (Å²) in [6.45, 7) is 3.36. The molecule has 0 aromatic rings. The minimum absolute atomic E-state index is 0.0572. The van der Waals surface area contributed by atoms with Crippen LogP contribution in [0.5, 0.6) is 0 Å². The number of carbonyl (C=O) groups excluding carboxylic acids is 1. The normalized spacial score (nSPS) is 23.3. The number of hydrogen-bond acceptors (Lipinski definition) is 3. The molecule has 0 bridgehead atoms. The van der Waals surface area contributed by atoms with Crippen molar-refractivity contribution in [2.45, 2.75) is 38.0 Å². The molecule has 3 N–H and O–H groups in total. The molecule has 1 fully saturated rings. The molecule has 0 radical (unpaired) electrons. The highest BCUT2D eigenvalue weighted by Gasteiger charge is 2.50. The summed E-state index contributed by atoms with van der Waals surface area (Å²) in [6, 6.07) is -1.66. The van der Waals surface area contributed by atoms with Gasteiger partial charge in [0.05, 0.1) is 5.54 Å². The first-order valence-corrected chi connectivity index (χ1v) is 5.53. The molecule has 0 aromatic carbocycles. The summed E-state index contributed by atoms with van der Waals surface area (Å²) in [5.41, 5.74) is 4.07. The van der Waals surface area contributed by atoms with E-state index in [-0.39, 0.29) is 32.0 Å². The second kappa shape index (κ2) is 4.81. The van der Waals surface area contributed by atoms with Gasteiger partial charge in [-0.15, -0.1) is 0 Å². The highest BCUT2D eigenvalue weighted by Crippen LogP contribution is 2.32. The Labute approximate surface area is 98.3 Å². The van der Waals surface area contributed by atoms with E-state index in [1.54, 1.807) is 0 Å². The number of alkyl halides is 3. The molecule has 1 heterocycles. The molecule has 0 aliphatic carbocycles. The molecule has 1 aliphatic heterocycles. The second-order valence-electron chi connectivity index (χ2n) is 4.64. The van der Waals surface area contributed by atoms with Crippen molar-refractivity contribution in [1.82, 2.24) is 10.2 Å². The molecule has 1 rings (SSSR count). The Bertz CT molecular complexity index is 291. The lowest BCUT2D eigenvalue weighted by Gasteiger charge is -2.46. The summed E-state index contributed by atoms with van der Waals surface area (Å²) in [7, 11) is 0. The molecule has 0 spiro atoms. The minimum atomic E-state index is -4.37. The van der Waals surface area contributed by atoms with Crippen LogP contribution >= 0.6 is 0 Å². The van der Waals surface area contributed by atoms with Gasteiger partial charge in [-0.3, -0.25) is 9.69 Å². The number of amides is 1. The van der Waals surface area contributed by atoms with Gasteiger partial charge in [-0.2, -0.15) is 13.2 Å². The van der Waals surface area contributed by atoms with Crippen molar-refractivity contribution in [3.63, 3.8) is 0 Å². The van der Waals surface area contributed by atoms with Crippen LogP contribution in [0.2, 0.25) is 0 Å². The van der Waals surface area contributed by atoms with E-state index in [9.17, 15) is 18.0 Å². The lowest BCUT2D eigenvalue weighted by atomic mass is 9.95. The molecular formula is C10H18F3N3O. The Hall–Kier alpha value is -0.820. The first kappa shape index (κ1) is 14.2. The molecule has 100 valence electrons. The predicted molar refractivity (Wildman–Crippen MR) is 57.3 cm³/mol. The monoisotopic (exact) mass is 253 g/mol. The Morgan fingerprint density at radius 1 is 1.53 bits per heavy atom. The Balaban J connectivity index is 2.97. The van der Waals surface area contributed by atoms with E-state index in [0.717, 1.165) is 0 Å². The summed E-state index contributed by atoms with van der Waals surface area (Å²) in [5.74, 6) is -0.380. The Morgan fingerprint density at radius 3 is 2.59 bits per heavy atom. The van der Waals surface area contributed by atoms with Crippen LogP contribution < -0.4 is 11.1 Å². The average molecular weight is 253 g/mol. The third-order valence-corrected chi connectivity index (χ3v) is 3.11. The molecule has 1 unspecified atom stereocenters. The van der Waals surface area contributed by atoms with Gasteiger partial charge in [0.2, 0.25) is 5.91 Å². The van der Waals surface area contributed by atoms with Crippen LogP contribution in [0.4, 0.5) is 13.2 Å². The number of piperazine rings is 1. The number of nitrogens with zero attached hydrogens (tertiary/aromatic N) is 1. The van der Waals surface area contributed by atoms with E-state index < -0.39 is 17.8 Å². The van der Waals surface area contributed by atoms with Crippen molar-refractivity contribution < 1.29 is 18.0 Å². The largest absolute Gasteiger partial charge is 0.404 e. The van der Waals surface area contributed by atoms with Crippen LogP contribution in [0.15, 0.2) is 0 Å². The molecule has 17 heavy (non-hydrogen) atoms. The van der Waals surface area contributed by atoms with E-state index in [4.69, 9.17) is 5.73 Å². The van der Waals surface area contributed by atoms with Crippen molar-refractivity contribution in [3.05, 3.63) is 0 Å². The van der Waals surface area contributed by atoms with Gasteiger partial charge in [0.25, 0.3) is 0 Å². The van der Waals surface area contributed by atoms with Crippen LogP contribution in [0.1, 0.15) is 20.3 Å². The van der Waals surface area contributed by atoms with Crippen LogP contribution in [-0.4, -0.2) is 48.2 Å². The molecule has 1 saturated heterocycles. The van der Waals surface area contributed by atoms with Crippen LogP contribution in [0, 0.1) is 0 Å². The first-order chi connectivity index (χ1) is 7.71. The maximum atomic E-state index is 12.9. The number of nitrogens with one attached hydrogen (secondary N) is 1. The lowest BCUT2D eigenvalue weighted by molar-refractivity contribution is -0.202. The summed E-state index contributed by atoms with van der Waals surface area (Å²) in [6.07, 6.45) is -4.56. The summed E-state index contributed by atoms with van der Waals surface area (Å²) in [4.78, 5) is 12.8. The summed E-state index contributed by atoms with van der Waals surface area (Å²) >= 11 is 0. The van der Waals surface area contributed by atoms with Crippen LogP contribution in [0.25, 0.3) is 0 Å². The van der Waals surface area contributed by atoms with E-state index in [1.807, 2.05) is 0 Å². The van der Waals surface area contributed by atoms with Gasteiger partial charge in [-0.25, -0.2) is 0 Å². The van der Waals surface area contributed by atoms with Crippen molar-refractivity contribution >= 4 is 5.91 Å². The highest BCUT2D eigenvalue weighted by atomic mass is 19.4. The highest BCUT2D eigenvalue weighted by molar-refractivity contribution is 5.86. The molecule has 1 atom stereocenters. The van der Waals surface area contributed by atoms with Gasteiger partial charge in [-0.05, 0) is 26.8 Å². The van der Waals surface area contributed by atoms with Crippen molar-refractivity contribution in [3.8, 4) is 0 Å². The topological polar surface area (TPSA) is 58.4 Å². The first-order valence-electron chi connectivity index (χ1n) is 5.53. The molecule has 0 aromatic heterocycles. The summed E-state index contributed by atoms with van der Waals surface area (Å²) in [5, 5.41) is 2.57. The van der Waals surface area contributed by atoms with Crippen molar-refractivity contribution in [2.75, 3.05) is 19.6 Å². The van der Waals surface area contributed by atoms with E-state index in [2.05, 4.69) is 5.32 Å². The van der Waals surface area contributed by atoms with Crippen LogP contribution in [0.3, 0.4) is 0 Å². The van der Waals surface area contributed by atoms with Crippen molar-refractivity contribution in [1.29, 1.82) is 0 Å². The summed E-state index contributed by atoms with van der Waals surface area (Å²) < 4.78 is 38.8. The quantitative estimate of drug-likeness (QED) is 0.769. The second-order valence-corrected chi connectivity index (χ2v) is 4.64. The van der Waals surface area contributed by atoms with Crippen molar-refractivity contribution in [2.24, 2.45) is 5.73 Å². The average Bonchev–Trinajstić information content (AvgIpc) is 2.18. The van der Waals surface area contributed by atoms with Gasteiger partial charge >= 0.3 is 6.18 Å². The third kappa shape index (κ3) is 2.90. The molecule has 1 amide bonds. The number of hydrogen-bond donors (Lipinski definition) is 2. The smallest absolute Gasteiger partial charge is 0.353 e. The van der Waals surface area contributed by atoms with E-state index in [0.29, 0.717) is 0 Å². The Kier molecular flexibility index (Phi) is 4.03. The number of carbonyl (C=O) groups is 1. The number of halogens is 3. The zero-order valence-electron chi connectivity index (χ0n) is 9.97. The number of rotatable bonds is 3. The van der Waals surface area contributed by atoms with Gasteiger partial charge < -0.3 is 11.1 Å². The van der Waals surface area contributed by atoms with Crippen LogP contribution in [-0.2, 0) is 4.79 Å². The fourth-order valence-electron chi connectivity index (χ4n) is 2.12. The van der Waals surface area contributed by atoms with Gasteiger partial charge in [0.15, 0.2) is 0 Å². The standard InChI is InChI=1S/C10H18F3N3O/c1-9(2)8(17)15-5-6-16(9)7(3-4-14)10(11,12)13/h7H,3-6,14H2,1-2H3,(H,15,17). The fourth-order valence-corrected chi connectivity index (χ4v) is 2.12. The maximum Gasteiger partial charge on any atom is 0.404 e. The molecule has 4 nitrogen and oxygen atoms in total. The zero-order chi connectivity index (χ0) is 13.3. The maximum absolute atomic E-state index is 12.9. The minimum Gasteiger partial charge on any atom is -0.353 e. The molecular weight excluding hydrogens is 235 g/mol. The Morgan fingerprint density at radius 2 is 2.12 bits per heavy atom. The van der Waals surface area contributed by atoms with Gasteiger partial charge in [0.1, 0.15) is 6.04 Å². The third-order valence-electron chi connectivity index (χ3n) is 3.11. The molecule has 7 heteroatoms. The van der Waals surface area contributed by atoms with E-state index >= 15 is 0 Å². The predicted octanol–water partition coefficient (Wildman–Crippen LogP) is 0.476. The lowest BCUT2D eigenvalue weighted by Crippen LogP contribution is -2.67. The SMILES string of the molecule is CC1(C)C(=O)NCCN1C(CCN)C(F)(F)F.